The molecule has 0 unspecified atom stereocenters. The van der Waals surface area contributed by atoms with E-state index in [0.29, 0.717) is 11.8 Å². The molecule has 4 heteroatoms. The lowest BCUT2D eigenvalue weighted by Gasteiger charge is -2.30. The third-order valence-corrected chi connectivity index (χ3v) is 3.25. The first-order valence-electron chi connectivity index (χ1n) is 5.39. The van der Waals surface area contributed by atoms with E-state index < -0.39 is 0 Å². The average Bonchev–Trinajstić information content (AvgIpc) is 2.71. The van der Waals surface area contributed by atoms with Crippen molar-refractivity contribution in [3.63, 3.8) is 0 Å². The van der Waals surface area contributed by atoms with Gasteiger partial charge in [-0.15, -0.1) is 0 Å². The van der Waals surface area contributed by atoms with Gasteiger partial charge in [-0.2, -0.15) is 0 Å². The number of hydrogen-bond donors (Lipinski definition) is 0. The SMILES string of the molecule is COC(OC)[C@H]1CCC[C@H]1C(OC)OC. The second-order valence-electron chi connectivity index (χ2n) is 3.94. The minimum Gasteiger partial charge on any atom is -0.356 e. The number of rotatable bonds is 6. The van der Waals surface area contributed by atoms with Crippen LogP contribution in [0.15, 0.2) is 0 Å². The first-order valence-corrected chi connectivity index (χ1v) is 5.39. The van der Waals surface area contributed by atoms with Crippen molar-refractivity contribution in [2.75, 3.05) is 28.4 Å². The fraction of sp³-hybridized carbons (Fsp3) is 1.00. The Bertz CT molecular complexity index is 148. The third-order valence-electron chi connectivity index (χ3n) is 3.25. The van der Waals surface area contributed by atoms with Crippen molar-refractivity contribution in [3.05, 3.63) is 0 Å². The van der Waals surface area contributed by atoms with Gasteiger partial charge in [0.15, 0.2) is 12.6 Å². The van der Waals surface area contributed by atoms with Crippen LogP contribution in [0.4, 0.5) is 0 Å². The van der Waals surface area contributed by atoms with Crippen molar-refractivity contribution in [1.82, 2.24) is 0 Å². The summed E-state index contributed by atoms with van der Waals surface area (Å²) in [6, 6.07) is 0. The summed E-state index contributed by atoms with van der Waals surface area (Å²) in [6.07, 6.45) is 3.11. The molecule has 0 saturated heterocycles. The minimum absolute atomic E-state index is 0.148. The van der Waals surface area contributed by atoms with Crippen LogP contribution in [0.1, 0.15) is 19.3 Å². The fourth-order valence-corrected chi connectivity index (χ4v) is 2.58. The van der Waals surface area contributed by atoms with Gasteiger partial charge in [0.25, 0.3) is 0 Å². The van der Waals surface area contributed by atoms with Crippen LogP contribution in [0.3, 0.4) is 0 Å². The summed E-state index contributed by atoms with van der Waals surface area (Å²) in [5, 5.41) is 0. The Morgan fingerprint density at radius 3 is 1.33 bits per heavy atom. The van der Waals surface area contributed by atoms with Crippen LogP contribution in [0.5, 0.6) is 0 Å². The van der Waals surface area contributed by atoms with E-state index in [1.807, 2.05) is 0 Å². The first-order chi connectivity index (χ1) is 7.28. The zero-order valence-corrected chi connectivity index (χ0v) is 10.1. The van der Waals surface area contributed by atoms with E-state index in [1.54, 1.807) is 28.4 Å². The largest absolute Gasteiger partial charge is 0.356 e. The van der Waals surface area contributed by atoms with Gasteiger partial charge in [-0.3, -0.25) is 0 Å². The molecule has 0 N–H and O–H groups in total. The molecule has 0 spiro atoms. The molecule has 90 valence electrons. The molecule has 1 fully saturated rings. The average molecular weight is 218 g/mol. The Labute approximate surface area is 91.8 Å². The molecule has 0 aromatic heterocycles. The molecule has 2 atom stereocenters. The predicted octanol–water partition coefficient (Wildman–Crippen LogP) is 1.64. The van der Waals surface area contributed by atoms with Gasteiger partial charge in [-0.1, -0.05) is 6.42 Å². The molecule has 0 bridgehead atoms. The normalized spacial score (nSPS) is 26.8. The fourth-order valence-electron chi connectivity index (χ4n) is 2.58. The zero-order valence-electron chi connectivity index (χ0n) is 10.1. The summed E-state index contributed by atoms with van der Waals surface area (Å²) < 4.78 is 21.3. The topological polar surface area (TPSA) is 36.9 Å². The molecule has 0 aromatic carbocycles. The Morgan fingerprint density at radius 1 is 0.733 bits per heavy atom. The van der Waals surface area contributed by atoms with E-state index >= 15 is 0 Å². The summed E-state index contributed by atoms with van der Waals surface area (Å²) >= 11 is 0. The van der Waals surface area contributed by atoms with Crippen molar-refractivity contribution in [1.29, 1.82) is 0 Å². The second kappa shape index (κ2) is 6.43. The van der Waals surface area contributed by atoms with Crippen LogP contribution < -0.4 is 0 Å². The Kier molecular flexibility index (Phi) is 5.53. The maximum Gasteiger partial charge on any atom is 0.160 e. The van der Waals surface area contributed by atoms with Gasteiger partial charge in [0, 0.05) is 40.3 Å². The molecule has 1 aliphatic rings. The lowest BCUT2D eigenvalue weighted by Crippen LogP contribution is -2.35. The maximum atomic E-state index is 5.32. The monoisotopic (exact) mass is 218 g/mol. The van der Waals surface area contributed by atoms with Crippen LogP contribution in [-0.2, 0) is 18.9 Å². The smallest absolute Gasteiger partial charge is 0.160 e. The molecule has 1 aliphatic carbocycles. The van der Waals surface area contributed by atoms with Gasteiger partial charge < -0.3 is 18.9 Å². The van der Waals surface area contributed by atoms with Crippen LogP contribution in [0.2, 0.25) is 0 Å². The highest BCUT2D eigenvalue weighted by atomic mass is 16.7. The van der Waals surface area contributed by atoms with E-state index in [0.717, 1.165) is 12.8 Å². The molecule has 0 heterocycles. The zero-order chi connectivity index (χ0) is 11.3. The molecule has 4 nitrogen and oxygen atoms in total. The van der Waals surface area contributed by atoms with Gasteiger partial charge in [-0.05, 0) is 12.8 Å². The minimum atomic E-state index is -0.148. The molecule has 1 saturated carbocycles. The molecule has 0 aromatic rings. The summed E-state index contributed by atoms with van der Waals surface area (Å²) in [7, 11) is 6.71. The van der Waals surface area contributed by atoms with E-state index in [2.05, 4.69) is 0 Å². The van der Waals surface area contributed by atoms with Gasteiger partial charge in [0.1, 0.15) is 0 Å². The van der Waals surface area contributed by atoms with E-state index in [-0.39, 0.29) is 12.6 Å². The van der Waals surface area contributed by atoms with Gasteiger partial charge in [0.2, 0.25) is 0 Å². The van der Waals surface area contributed by atoms with Gasteiger partial charge in [-0.25, -0.2) is 0 Å². The third kappa shape index (κ3) is 2.91. The number of hydrogen-bond acceptors (Lipinski definition) is 4. The predicted molar refractivity (Wildman–Crippen MR) is 56.4 cm³/mol. The van der Waals surface area contributed by atoms with Crippen molar-refractivity contribution in [3.8, 4) is 0 Å². The lowest BCUT2D eigenvalue weighted by atomic mass is 9.94. The molecule has 15 heavy (non-hydrogen) atoms. The summed E-state index contributed by atoms with van der Waals surface area (Å²) in [6.45, 7) is 0. The lowest BCUT2D eigenvalue weighted by molar-refractivity contribution is -0.193. The van der Waals surface area contributed by atoms with Crippen molar-refractivity contribution < 1.29 is 18.9 Å². The highest BCUT2D eigenvalue weighted by molar-refractivity contribution is 4.82. The van der Waals surface area contributed by atoms with Crippen LogP contribution in [0.25, 0.3) is 0 Å². The molecular formula is C11H22O4. The molecule has 1 rings (SSSR count). The Morgan fingerprint density at radius 2 is 1.07 bits per heavy atom. The molecule has 0 aliphatic heterocycles. The molecular weight excluding hydrogens is 196 g/mol. The standard InChI is InChI=1S/C11H22O4/c1-12-10(13-2)8-6-5-7-9(8)11(14-3)15-4/h8-11H,5-7H2,1-4H3/t8-,9+. The number of methoxy groups -OCH3 is 4. The maximum absolute atomic E-state index is 5.32. The molecule has 0 amide bonds. The second-order valence-corrected chi connectivity index (χ2v) is 3.94. The van der Waals surface area contributed by atoms with E-state index in [4.69, 9.17) is 18.9 Å². The highest BCUT2D eigenvalue weighted by Crippen LogP contribution is 2.38. The highest BCUT2D eigenvalue weighted by Gasteiger charge is 2.39. The van der Waals surface area contributed by atoms with E-state index in [1.165, 1.54) is 6.42 Å². The Hall–Kier alpha value is -0.160. The van der Waals surface area contributed by atoms with Gasteiger partial charge >= 0.3 is 0 Å². The first kappa shape index (κ1) is 12.9. The van der Waals surface area contributed by atoms with Crippen molar-refractivity contribution >= 4 is 0 Å². The van der Waals surface area contributed by atoms with Crippen LogP contribution in [0, 0.1) is 11.8 Å². The van der Waals surface area contributed by atoms with Crippen LogP contribution in [-0.4, -0.2) is 41.0 Å². The quantitative estimate of drug-likeness (QED) is 0.635. The Balaban J connectivity index is 2.62. The van der Waals surface area contributed by atoms with Gasteiger partial charge in [0.05, 0.1) is 0 Å². The summed E-state index contributed by atoms with van der Waals surface area (Å²) in [4.78, 5) is 0. The number of ether oxygens (including phenoxy) is 4. The van der Waals surface area contributed by atoms with Crippen molar-refractivity contribution in [2.24, 2.45) is 11.8 Å². The molecule has 0 radical (unpaired) electrons. The summed E-state index contributed by atoms with van der Waals surface area (Å²) in [5.74, 6) is 0.731. The van der Waals surface area contributed by atoms with Crippen LogP contribution >= 0.6 is 0 Å². The van der Waals surface area contributed by atoms with E-state index in [9.17, 15) is 0 Å². The van der Waals surface area contributed by atoms with Crippen molar-refractivity contribution in [2.45, 2.75) is 31.8 Å². The summed E-state index contributed by atoms with van der Waals surface area (Å²) in [5.41, 5.74) is 0.